The van der Waals surface area contributed by atoms with Gasteiger partial charge in [0.05, 0.1) is 6.33 Å². The van der Waals surface area contributed by atoms with Crippen LogP contribution in [0.1, 0.15) is 17.7 Å². The number of hydrogen-bond acceptors (Lipinski definition) is 3. The minimum Gasteiger partial charge on any atom is -0.330 e. The van der Waals surface area contributed by atoms with E-state index < -0.39 is 0 Å². The van der Waals surface area contributed by atoms with Crippen molar-refractivity contribution in [3.05, 3.63) is 27.9 Å². The highest BCUT2D eigenvalue weighted by molar-refractivity contribution is 5.14. The maximum Gasteiger partial charge on any atom is 0.254 e. The van der Waals surface area contributed by atoms with Gasteiger partial charge < -0.3 is 10.7 Å². The molecule has 0 bridgehead atoms. The zero-order chi connectivity index (χ0) is 8.97. The van der Waals surface area contributed by atoms with E-state index in [-0.39, 0.29) is 5.56 Å². The summed E-state index contributed by atoms with van der Waals surface area (Å²) < 4.78 is 0. The lowest BCUT2D eigenvalue weighted by molar-refractivity contribution is 0.805. The lowest BCUT2D eigenvalue weighted by Gasteiger charge is -2.00. The number of hydrogen-bond donors (Lipinski definition) is 2. The van der Waals surface area contributed by atoms with Crippen LogP contribution in [-0.4, -0.2) is 16.5 Å². The molecule has 0 aliphatic rings. The zero-order valence-electron chi connectivity index (χ0n) is 7.13. The molecule has 0 atom stereocenters. The van der Waals surface area contributed by atoms with E-state index >= 15 is 0 Å². The second-order valence-electron chi connectivity index (χ2n) is 2.69. The third kappa shape index (κ3) is 1.92. The van der Waals surface area contributed by atoms with Gasteiger partial charge in [-0.25, -0.2) is 4.98 Å². The fourth-order valence-corrected chi connectivity index (χ4v) is 1.09. The summed E-state index contributed by atoms with van der Waals surface area (Å²) >= 11 is 0. The number of aryl methyl sites for hydroxylation is 1. The minimum atomic E-state index is -0.0454. The van der Waals surface area contributed by atoms with Crippen molar-refractivity contribution >= 4 is 0 Å². The zero-order valence-corrected chi connectivity index (χ0v) is 7.13. The lowest BCUT2D eigenvalue weighted by Crippen LogP contribution is -2.16. The van der Waals surface area contributed by atoms with Crippen LogP contribution >= 0.6 is 0 Å². The quantitative estimate of drug-likeness (QED) is 0.664. The van der Waals surface area contributed by atoms with Crippen LogP contribution in [0.3, 0.4) is 0 Å². The Morgan fingerprint density at radius 1 is 1.67 bits per heavy atom. The van der Waals surface area contributed by atoms with E-state index in [0.717, 1.165) is 17.7 Å². The van der Waals surface area contributed by atoms with Gasteiger partial charge >= 0.3 is 0 Å². The Morgan fingerprint density at radius 2 is 2.42 bits per heavy atom. The fourth-order valence-electron chi connectivity index (χ4n) is 1.09. The smallest absolute Gasteiger partial charge is 0.254 e. The monoisotopic (exact) mass is 167 g/mol. The van der Waals surface area contributed by atoms with Gasteiger partial charge in [-0.2, -0.15) is 0 Å². The largest absolute Gasteiger partial charge is 0.330 e. The van der Waals surface area contributed by atoms with Gasteiger partial charge in [0.1, 0.15) is 0 Å². The van der Waals surface area contributed by atoms with Crippen molar-refractivity contribution in [1.82, 2.24) is 9.97 Å². The Bertz CT molecular complexity index is 305. The number of H-pyrrole nitrogens is 1. The molecule has 1 aromatic heterocycles. The van der Waals surface area contributed by atoms with Crippen LogP contribution in [0.25, 0.3) is 0 Å². The van der Waals surface area contributed by atoms with E-state index in [9.17, 15) is 4.79 Å². The first-order valence-corrected chi connectivity index (χ1v) is 3.99. The van der Waals surface area contributed by atoms with Crippen LogP contribution in [0.2, 0.25) is 0 Å². The topological polar surface area (TPSA) is 71.8 Å². The van der Waals surface area contributed by atoms with Crippen molar-refractivity contribution in [1.29, 1.82) is 0 Å². The molecule has 0 fully saturated rings. The molecular formula is C8H13N3O. The van der Waals surface area contributed by atoms with Gasteiger partial charge in [-0.3, -0.25) is 4.79 Å². The molecule has 0 spiro atoms. The van der Waals surface area contributed by atoms with Crippen molar-refractivity contribution < 1.29 is 0 Å². The Morgan fingerprint density at radius 3 is 3.00 bits per heavy atom. The summed E-state index contributed by atoms with van der Waals surface area (Å²) in [6, 6.07) is 0. The third-order valence-corrected chi connectivity index (χ3v) is 1.80. The van der Waals surface area contributed by atoms with Gasteiger partial charge in [0.2, 0.25) is 0 Å². The number of nitrogens with one attached hydrogen (secondary N) is 1. The predicted molar refractivity (Wildman–Crippen MR) is 47.0 cm³/mol. The average Bonchev–Trinajstić information content (AvgIpc) is 2.04. The van der Waals surface area contributed by atoms with Crippen molar-refractivity contribution in [2.24, 2.45) is 5.73 Å². The molecule has 0 aromatic carbocycles. The Kier molecular flexibility index (Phi) is 2.99. The van der Waals surface area contributed by atoms with Crippen molar-refractivity contribution in [3.63, 3.8) is 0 Å². The molecule has 1 rings (SSSR count). The predicted octanol–water partition coefficient (Wildman–Crippen LogP) is -0.0304. The highest BCUT2D eigenvalue weighted by Gasteiger charge is 2.02. The second kappa shape index (κ2) is 4.01. The van der Waals surface area contributed by atoms with Crippen molar-refractivity contribution in [2.45, 2.75) is 19.8 Å². The Balaban J connectivity index is 2.89. The van der Waals surface area contributed by atoms with Crippen LogP contribution < -0.4 is 11.3 Å². The molecule has 0 saturated heterocycles. The normalized spacial score (nSPS) is 10.2. The molecule has 0 aliphatic carbocycles. The molecule has 4 heteroatoms. The molecule has 3 N–H and O–H groups in total. The molecule has 1 heterocycles. The molecule has 4 nitrogen and oxygen atoms in total. The standard InChI is InChI=1S/C8H13N3O/c1-6-7(3-2-4-9)8(12)11-5-10-6/h5H,2-4,9H2,1H3,(H,10,11,12). The first-order chi connectivity index (χ1) is 5.75. The summed E-state index contributed by atoms with van der Waals surface area (Å²) in [5, 5.41) is 0. The molecule has 66 valence electrons. The summed E-state index contributed by atoms with van der Waals surface area (Å²) in [4.78, 5) is 17.7. The third-order valence-electron chi connectivity index (χ3n) is 1.80. The van der Waals surface area contributed by atoms with Crippen LogP contribution in [-0.2, 0) is 6.42 Å². The van der Waals surface area contributed by atoms with Gasteiger partial charge in [-0.05, 0) is 26.3 Å². The van der Waals surface area contributed by atoms with E-state index in [2.05, 4.69) is 9.97 Å². The maximum atomic E-state index is 11.2. The van der Waals surface area contributed by atoms with Gasteiger partial charge in [0, 0.05) is 11.3 Å². The molecule has 0 amide bonds. The molecular weight excluding hydrogens is 154 g/mol. The van der Waals surface area contributed by atoms with Crippen LogP contribution in [0.4, 0.5) is 0 Å². The van der Waals surface area contributed by atoms with Crippen LogP contribution in [0.5, 0.6) is 0 Å². The second-order valence-corrected chi connectivity index (χ2v) is 2.69. The van der Waals surface area contributed by atoms with E-state index in [4.69, 9.17) is 5.73 Å². The summed E-state index contributed by atoms with van der Waals surface area (Å²) in [6.45, 7) is 2.44. The highest BCUT2D eigenvalue weighted by Crippen LogP contribution is 1.99. The number of aromatic amines is 1. The first kappa shape index (κ1) is 8.93. The van der Waals surface area contributed by atoms with Gasteiger partial charge in [-0.1, -0.05) is 0 Å². The van der Waals surface area contributed by atoms with E-state index in [1.54, 1.807) is 0 Å². The van der Waals surface area contributed by atoms with E-state index in [0.29, 0.717) is 13.0 Å². The summed E-state index contributed by atoms with van der Waals surface area (Å²) in [7, 11) is 0. The number of nitrogens with two attached hydrogens (primary N) is 1. The number of nitrogens with zero attached hydrogens (tertiary/aromatic N) is 1. The molecule has 0 radical (unpaired) electrons. The van der Waals surface area contributed by atoms with Crippen molar-refractivity contribution in [3.8, 4) is 0 Å². The summed E-state index contributed by atoms with van der Waals surface area (Å²) in [5.74, 6) is 0. The van der Waals surface area contributed by atoms with Crippen molar-refractivity contribution in [2.75, 3.05) is 6.54 Å². The van der Waals surface area contributed by atoms with E-state index in [1.807, 2.05) is 6.92 Å². The Labute approximate surface area is 70.8 Å². The summed E-state index contributed by atoms with van der Waals surface area (Å²) in [5.41, 5.74) is 6.85. The lowest BCUT2D eigenvalue weighted by atomic mass is 10.1. The van der Waals surface area contributed by atoms with E-state index in [1.165, 1.54) is 6.33 Å². The van der Waals surface area contributed by atoms with Gasteiger partial charge in [-0.15, -0.1) is 0 Å². The minimum absolute atomic E-state index is 0.0454. The Hall–Kier alpha value is -1.16. The summed E-state index contributed by atoms with van der Waals surface area (Å²) in [6.07, 6.45) is 2.96. The number of rotatable bonds is 3. The molecule has 12 heavy (non-hydrogen) atoms. The molecule has 1 aromatic rings. The molecule has 0 aliphatic heterocycles. The first-order valence-electron chi connectivity index (χ1n) is 3.99. The fraction of sp³-hybridized carbons (Fsp3) is 0.500. The maximum absolute atomic E-state index is 11.2. The van der Waals surface area contributed by atoms with Crippen LogP contribution in [0, 0.1) is 6.92 Å². The highest BCUT2D eigenvalue weighted by atomic mass is 16.1. The van der Waals surface area contributed by atoms with Gasteiger partial charge in [0.25, 0.3) is 5.56 Å². The average molecular weight is 167 g/mol. The van der Waals surface area contributed by atoms with Gasteiger partial charge in [0.15, 0.2) is 0 Å². The molecule has 0 unspecified atom stereocenters. The van der Waals surface area contributed by atoms with Crippen LogP contribution in [0.15, 0.2) is 11.1 Å². The molecule has 0 saturated carbocycles. The SMILES string of the molecule is Cc1nc[nH]c(=O)c1CCCN. The number of aromatic nitrogens is 2.